The van der Waals surface area contributed by atoms with Gasteiger partial charge in [0.1, 0.15) is 6.67 Å². The average Bonchev–Trinajstić information content (AvgIpc) is 2.09. The third-order valence-corrected chi connectivity index (χ3v) is 2.71. The lowest BCUT2D eigenvalue weighted by molar-refractivity contribution is 0.114. The number of carbonyl (C=O) groups excluding carboxylic acids is 1. The summed E-state index contributed by atoms with van der Waals surface area (Å²) in [5.74, 6) is 0. The molecule has 1 unspecified atom stereocenters. The van der Waals surface area contributed by atoms with Gasteiger partial charge in [0.05, 0.1) is 0 Å². The molecule has 1 atom stereocenters. The third-order valence-electron chi connectivity index (χ3n) is 2.71. The van der Waals surface area contributed by atoms with E-state index < -0.39 is 6.67 Å². The summed E-state index contributed by atoms with van der Waals surface area (Å²) in [5.41, 5.74) is 0.201. The van der Waals surface area contributed by atoms with E-state index in [0.29, 0.717) is 0 Å². The molecule has 3 nitrogen and oxygen atoms in total. The molecule has 0 heterocycles. The lowest BCUT2D eigenvalue weighted by atomic mass is 9.67. The van der Waals surface area contributed by atoms with E-state index in [4.69, 9.17) is 0 Å². The zero-order valence-corrected chi connectivity index (χ0v) is 8.19. The molecule has 0 saturated heterocycles. The lowest BCUT2D eigenvalue weighted by Gasteiger charge is -2.44. The molecule has 0 bridgehead atoms. The first-order valence-electron chi connectivity index (χ1n) is 4.66. The number of halogens is 1. The SMILES string of the molecule is CC1(C)CCC1NC(=O)NCCF. The lowest BCUT2D eigenvalue weighted by Crippen LogP contribution is -2.54. The van der Waals surface area contributed by atoms with Crippen LogP contribution in [0.5, 0.6) is 0 Å². The molecule has 1 rings (SSSR count). The Morgan fingerprint density at radius 3 is 2.69 bits per heavy atom. The van der Waals surface area contributed by atoms with E-state index in [9.17, 15) is 9.18 Å². The van der Waals surface area contributed by atoms with Crippen LogP contribution < -0.4 is 10.6 Å². The fraction of sp³-hybridized carbons (Fsp3) is 0.889. The summed E-state index contributed by atoms with van der Waals surface area (Å²) in [7, 11) is 0. The van der Waals surface area contributed by atoms with Crippen LogP contribution in [0.25, 0.3) is 0 Å². The number of rotatable bonds is 3. The molecule has 0 aliphatic heterocycles. The van der Waals surface area contributed by atoms with Crippen LogP contribution in [0.4, 0.5) is 9.18 Å². The Kier molecular flexibility index (Phi) is 3.12. The van der Waals surface area contributed by atoms with Crippen LogP contribution in [0.1, 0.15) is 26.7 Å². The zero-order chi connectivity index (χ0) is 9.90. The second-order valence-corrected chi connectivity index (χ2v) is 4.17. The van der Waals surface area contributed by atoms with Gasteiger partial charge in [-0.25, -0.2) is 9.18 Å². The Labute approximate surface area is 78.1 Å². The van der Waals surface area contributed by atoms with Gasteiger partial charge in [0.15, 0.2) is 0 Å². The van der Waals surface area contributed by atoms with E-state index in [1.54, 1.807) is 0 Å². The van der Waals surface area contributed by atoms with Crippen LogP contribution in [0.3, 0.4) is 0 Å². The number of hydrogen-bond donors (Lipinski definition) is 2. The van der Waals surface area contributed by atoms with Crippen molar-refractivity contribution in [1.29, 1.82) is 0 Å². The fourth-order valence-electron chi connectivity index (χ4n) is 1.50. The second-order valence-electron chi connectivity index (χ2n) is 4.17. The standard InChI is InChI=1S/C9H17FN2O/c1-9(2)4-3-7(9)12-8(13)11-6-5-10/h7H,3-6H2,1-2H3,(H2,11,12,13). The maximum atomic E-state index is 11.7. The van der Waals surface area contributed by atoms with Gasteiger partial charge in [0.2, 0.25) is 0 Å². The van der Waals surface area contributed by atoms with E-state index in [0.717, 1.165) is 12.8 Å². The van der Waals surface area contributed by atoms with Crippen molar-refractivity contribution in [3.8, 4) is 0 Å². The van der Waals surface area contributed by atoms with Gasteiger partial charge in [-0.1, -0.05) is 13.8 Å². The summed E-state index contributed by atoms with van der Waals surface area (Å²) in [5, 5.41) is 5.27. The van der Waals surface area contributed by atoms with Gasteiger partial charge in [0.25, 0.3) is 0 Å². The van der Waals surface area contributed by atoms with Crippen molar-refractivity contribution < 1.29 is 9.18 Å². The Morgan fingerprint density at radius 2 is 2.31 bits per heavy atom. The molecule has 0 aromatic heterocycles. The average molecular weight is 188 g/mol. The molecule has 1 fully saturated rings. The Morgan fingerprint density at radius 1 is 1.62 bits per heavy atom. The molecule has 0 aromatic carbocycles. The Balaban J connectivity index is 2.21. The largest absolute Gasteiger partial charge is 0.336 e. The van der Waals surface area contributed by atoms with Crippen molar-refractivity contribution >= 4 is 6.03 Å². The Hall–Kier alpha value is -0.800. The number of carbonyl (C=O) groups is 1. The van der Waals surface area contributed by atoms with Crippen molar-refractivity contribution in [2.24, 2.45) is 5.41 Å². The molecule has 0 spiro atoms. The maximum Gasteiger partial charge on any atom is 0.315 e. The van der Waals surface area contributed by atoms with Crippen LogP contribution in [-0.2, 0) is 0 Å². The second kappa shape index (κ2) is 3.94. The van der Waals surface area contributed by atoms with E-state index in [-0.39, 0.29) is 24.0 Å². The summed E-state index contributed by atoms with van der Waals surface area (Å²) in [6, 6.07) is -0.0115. The molecule has 76 valence electrons. The molecule has 2 N–H and O–H groups in total. The van der Waals surface area contributed by atoms with E-state index >= 15 is 0 Å². The van der Waals surface area contributed by atoms with Gasteiger partial charge in [-0.05, 0) is 18.3 Å². The van der Waals surface area contributed by atoms with Crippen molar-refractivity contribution in [3.63, 3.8) is 0 Å². The molecule has 1 aliphatic carbocycles. The number of urea groups is 1. The van der Waals surface area contributed by atoms with Crippen molar-refractivity contribution in [2.45, 2.75) is 32.7 Å². The summed E-state index contributed by atoms with van der Waals surface area (Å²) >= 11 is 0. The highest BCUT2D eigenvalue weighted by Crippen LogP contribution is 2.39. The number of hydrogen-bond acceptors (Lipinski definition) is 1. The van der Waals surface area contributed by atoms with Crippen LogP contribution in [-0.4, -0.2) is 25.3 Å². The van der Waals surface area contributed by atoms with Gasteiger partial charge in [0, 0.05) is 12.6 Å². The summed E-state index contributed by atoms with van der Waals surface area (Å²) in [6.07, 6.45) is 2.16. The first kappa shape index (κ1) is 10.3. The first-order chi connectivity index (χ1) is 6.06. The number of amides is 2. The predicted molar refractivity (Wildman–Crippen MR) is 49.3 cm³/mol. The molecular formula is C9H17FN2O. The molecular weight excluding hydrogens is 171 g/mol. The van der Waals surface area contributed by atoms with E-state index in [1.165, 1.54) is 0 Å². The predicted octanol–water partition coefficient (Wildman–Crippen LogP) is 1.44. The normalized spacial score (nSPS) is 24.7. The highest BCUT2D eigenvalue weighted by Gasteiger charge is 2.39. The minimum atomic E-state index is -0.512. The first-order valence-corrected chi connectivity index (χ1v) is 4.66. The molecule has 2 amide bonds. The topological polar surface area (TPSA) is 41.1 Å². The molecule has 0 aromatic rings. The van der Waals surface area contributed by atoms with Crippen molar-refractivity contribution in [3.05, 3.63) is 0 Å². The summed E-state index contributed by atoms with van der Waals surface area (Å²) in [4.78, 5) is 11.1. The highest BCUT2D eigenvalue weighted by molar-refractivity contribution is 5.74. The van der Waals surface area contributed by atoms with Crippen LogP contribution in [0.2, 0.25) is 0 Å². The molecule has 1 aliphatic rings. The summed E-state index contributed by atoms with van der Waals surface area (Å²) < 4.78 is 11.7. The molecule has 13 heavy (non-hydrogen) atoms. The molecule has 0 radical (unpaired) electrons. The molecule has 1 saturated carbocycles. The smallest absolute Gasteiger partial charge is 0.315 e. The van der Waals surface area contributed by atoms with Gasteiger partial charge >= 0.3 is 6.03 Å². The van der Waals surface area contributed by atoms with Gasteiger partial charge < -0.3 is 10.6 Å². The maximum absolute atomic E-state index is 11.7. The zero-order valence-electron chi connectivity index (χ0n) is 8.19. The van der Waals surface area contributed by atoms with Gasteiger partial charge in [-0.2, -0.15) is 0 Å². The minimum absolute atomic E-state index is 0.0962. The van der Waals surface area contributed by atoms with Crippen molar-refractivity contribution in [1.82, 2.24) is 10.6 Å². The monoisotopic (exact) mass is 188 g/mol. The fourth-order valence-corrected chi connectivity index (χ4v) is 1.50. The highest BCUT2D eigenvalue weighted by atomic mass is 19.1. The van der Waals surface area contributed by atoms with Crippen LogP contribution >= 0.6 is 0 Å². The van der Waals surface area contributed by atoms with E-state index in [2.05, 4.69) is 24.5 Å². The van der Waals surface area contributed by atoms with Crippen molar-refractivity contribution in [2.75, 3.05) is 13.2 Å². The van der Waals surface area contributed by atoms with Crippen LogP contribution in [0.15, 0.2) is 0 Å². The van der Waals surface area contributed by atoms with Gasteiger partial charge in [-0.3, -0.25) is 0 Å². The number of nitrogens with one attached hydrogen (secondary N) is 2. The van der Waals surface area contributed by atoms with E-state index in [1.807, 2.05) is 0 Å². The van der Waals surface area contributed by atoms with Gasteiger partial charge in [-0.15, -0.1) is 0 Å². The Bertz CT molecular complexity index is 194. The molecule has 4 heteroatoms. The van der Waals surface area contributed by atoms with Crippen LogP contribution in [0, 0.1) is 5.41 Å². The number of alkyl halides is 1. The minimum Gasteiger partial charge on any atom is -0.336 e. The quantitative estimate of drug-likeness (QED) is 0.691. The third kappa shape index (κ3) is 2.57. The summed E-state index contributed by atoms with van der Waals surface area (Å²) in [6.45, 7) is 3.83.